The molecule has 5 heteroatoms. The van der Waals surface area contributed by atoms with Gasteiger partial charge in [0.15, 0.2) is 0 Å². The number of pyridine rings is 1. The molecule has 2 N–H and O–H groups in total. The molecule has 100 valence electrons. The summed E-state index contributed by atoms with van der Waals surface area (Å²) in [6, 6.07) is 6.41. The van der Waals surface area contributed by atoms with Crippen molar-refractivity contribution in [3.63, 3.8) is 0 Å². The van der Waals surface area contributed by atoms with Gasteiger partial charge in [0, 0.05) is 25.5 Å². The van der Waals surface area contributed by atoms with E-state index in [1.807, 2.05) is 29.2 Å². The predicted octanol–water partition coefficient (Wildman–Crippen LogP) is 2.01. The molecule has 2 aromatic rings. The zero-order chi connectivity index (χ0) is 13.2. The van der Waals surface area contributed by atoms with Crippen LogP contribution in [0.4, 0.5) is 11.6 Å². The number of piperidine rings is 1. The van der Waals surface area contributed by atoms with Gasteiger partial charge >= 0.3 is 0 Å². The quantitative estimate of drug-likeness (QED) is 0.894. The number of anilines is 2. The van der Waals surface area contributed by atoms with E-state index in [1.165, 1.54) is 5.56 Å². The summed E-state index contributed by atoms with van der Waals surface area (Å²) in [4.78, 5) is 6.85. The zero-order valence-corrected chi connectivity index (χ0v) is 11.2. The lowest BCUT2D eigenvalue weighted by atomic mass is 10.0. The molecule has 0 unspecified atom stereocenters. The molecule has 3 rings (SSSR count). The number of aromatic nitrogens is 3. The third kappa shape index (κ3) is 2.41. The standard InChI is InChI=1S/C14H19N5/c1-11-3-2-7-16-14(11)18-8-4-12(5-9-18)19-10-6-13(15)17-19/h2-3,6-7,10,12H,4-5,8-9H2,1H3,(H2,15,17). The van der Waals surface area contributed by atoms with Gasteiger partial charge in [0.05, 0.1) is 6.04 Å². The number of nitrogens with two attached hydrogens (primary N) is 1. The Bertz CT molecular complexity index is 554. The van der Waals surface area contributed by atoms with Crippen LogP contribution in [-0.2, 0) is 0 Å². The van der Waals surface area contributed by atoms with Crippen LogP contribution in [0.15, 0.2) is 30.6 Å². The monoisotopic (exact) mass is 257 g/mol. The molecule has 0 atom stereocenters. The molecule has 0 radical (unpaired) electrons. The lowest BCUT2D eigenvalue weighted by molar-refractivity contribution is 0.366. The molecule has 5 nitrogen and oxygen atoms in total. The highest BCUT2D eigenvalue weighted by atomic mass is 15.3. The highest BCUT2D eigenvalue weighted by molar-refractivity contribution is 5.46. The lowest BCUT2D eigenvalue weighted by Crippen LogP contribution is -2.35. The summed E-state index contributed by atoms with van der Waals surface area (Å²) in [6.45, 7) is 4.15. The van der Waals surface area contributed by atoms with Gasteiger partial charge in [-0.3, -0.25) is 4.68 Å². The molecule has 2 aromatic heterocycles. The van der Waals surface area contributed by atoms with Crippen LogP contribution >= 0.6 is 0 Å². The van der Waals surface area contributed by atoms with E-state index in [0.29, 0.717) is 11.9 Å². The molecular weight excluding hydrogens is 238 g/mol. The number of nitrogen functional groups attached to an aromatic ring is 1. The average Bonchev–Trinajstić information content (AvgIpc) is 2.86. The first-order valence-corrected chi connectivity index (χ1v) is 6.71. The first-order chi connectivity index (χ1) is 9.24. The van der Waals surface area contributed by atoms with Crippen molar-refractivity contribution in [2.45, 2.75) is 25.8 Å². The Morgan fingerprint density at radius 2 is 2.05 bits per heavy atom. The van der Waals surface area contributed by atoms with Crippen LogP contribution in [0.2, 0.25) is 0 Å². The number of rotatable bonds is 2. The third-order valence-corrected chi connectivity index (χ3v) is 3.75. The van der Waals surface area contributed by atoms with E-state index in [4.69, 9.17) is 5.73 Å². The zero-order valence-electron chi connectivity index (χ0n) is 11.2. The minimum absolute atomic E-state index is 0.456. The number of hydrogen-bond acceptors (Lipinski definition) is 4. The Labute approximate surface area is 113 Å². The SMILES string of the molecule is Cc1cccnc1N1CCC(n2ccc(N)n2)CC1. The van der Waals surface area contributed by atoms with Gasteiger partial charge in [0.1, 0.15) is 11.6 Å². The van der Waals surface area contributed by atoms with E-state index in [2.05, 4.69) is 28.0 Å². The van der Waals surface area contributed by atoms with Gasteiger partial charge in [0.25, 0.3) is 0 Å². The second kappa shape index (κ2) is 4.91. The molecule has 1 saturated heterocycles. The first kappa shape index (κ1) is 12.0. The van der Waals surface area contributed by atoms with Gasteiger partial charge in [-0.1, -0.05) is 6.07 Å². The number of hydrogen-bond donors (Lipinski definition) is 1. The van der Waals surface area contributed by atoms with Crippen molar-refractivity contribution < 1.29 is 0 Å². The van der Waals surface area contributed by atoms with E-state index in [9.17, 15) is 0 Å². The molecule has 0 aliphatic carbocycles. The molecule has 0 spiro atoms. The molecule has 0 bridgehead atoms. The average molecular weight is 257 g/mol. The maximum Gasteiger partial charge on any atom is 0.145 e. The Balaban J connectivity index is 1.68. The maximum absolute atomic E-state index is 5.67. The topological polar surface area (TPSA) is 60.0 Å². The van der Waals surface area contributed by atoms with E-state index >= 15 is 0 Å². The van der Waals surface area contributed by atoms with Crippen LogP contribution < -0.4 is 10.6 Å². The van der Waals surface area contributed by atoms with Crippen molar-refractivity contribution in [1.29, 1.82) is 0 Å². The lowest BCUT2D eigenvalue weighted by Gasteiger charge is -2.33. The highest BCUT2D eigenvalue weighted by Gasteiger charge is 2.22. The molecule has 1 aliphatic rings. The van der Waals surface area contributed by atoms with Crippen LogP contribution in [-0.4, -0.2) is 27.9 Å². The van der Waals surface area contributed by atoms with Gasteiger partial charge in [-0.05, 0) is 37.5 Å². The predicted molar refractivity (Wildman–Crippen MR) is 76.1 cm³/mol. The summed E-state index contributed by atoms with van der Waals surface area (Å²) in [5.74, 6) is 1.71. The smallest absolute Gasteiger partial charge is 0.145 e. The van der Waals surface area contributed by atoms with E-state index in [1.54, 1.807) is 0 Å². The Kier molecular flexibility index (Phi) is 3.11. The largest absolute Gasteiger partial charge is 0.382 e. The summed E-state index contributed by atoms with van der Waals surface area (Å²) < 4.78 is 2.00. The fourth-order valence-corrected chi connectivity index (χ4v) is 2.71. The fourth-order valence-electron chi connectivity index (χ4n) is 2.71. The van der Waals surface area contributed by atoms with E-state index in [0.717, 1.165) is 31.7 Å². The normalized spacial score (nSPS) is 16.8. The third-order valence-electron chi connectivity index (χ3n) is 3.75. The molecule has 1 fully saturated rings. The second-order valence-electron chi connectivity index (χ2n) is 5.08. The van der Waals surface area contributed by atoms with Crippen LogP contribution in [0.25, 0.3) is 0 Å². The summed E-state index contributed by atoms with van der Waals surface area (Å²) in [5, 5.41) is 4.31. The summed E-state index contributed by atoms with van der Waals surface area (Å²) in [7, 11) is 0. The number of aryl methyl sites for hydroxylation is 1. The Morgan fingerprint density at radius 3 is 2.68 bits per heavy atom. The molecule has 0 saturated carbocycles. The minimum atomic E-state index is 0.456. The second-order valence-corrected chi connectivity index (χ2v) is 5.08. The molecule has 0 aromatic carbocycles. The Hall–Kier alpha value is -2.04. The van der Waals surface area contributed by atoms with Crippen molar-refractivity contribution in [2.24, 2.45) is 0 Å². The van der Waals surface area contributed by atoms with Crippen molar-refractivity contribution in [2.75, 3.05) is 23.7 Å². The van der Waals surface area contributed by atoms with Crippen LogP contribution in [0.5, 0.6) is 0 Å². The summed E-state index contributed by atoms with van der Waals surface area (Å²) >= 11 is 0. The van der Waals surface area contributed by atoms with Crippen LogP contribution in [0.1, 0.15) is 24.4 Å². The Morgan fingerprint density at radius 1 is 1.26 bits per heavy atom. The minimum Gasteiger partial charge on any atom is -0.382 e. The number of nitrogens with zero attached hydrogens (tertiary/aromatic N) is 4. The van der Waals surface area contributed by atoms with Crippen molar-refractivity contribution in [3.8, 4) is 0 Å². The van der Waals surface area contributed by atoms with Crippen molar-refractivity contribution in [1.82, 2.24) is 14.8 Å². The molecule has 19 heavy (non-hydrogen) atoms. The first-order valence-electron chi connectivity index (χ1n) is 6.71. The maximum atomic E-state index is 5.67. The molecular formula is C14H19N5. The van der Waals surface area contributed by atoms with Gasteiger partial charge < -0.3 is 10.6 Å². The van der Waals surface area contributed by atoms with Gasteiger partial charge in [0.2, 0.25) is 0 Å². The van der Waals surface area contributed by atoms with Crippen LogP contribution in [0, 0.1) is 6.92 Å². The van der Waals surface area contributed by atoms with Crippen LogP contribution in [0.3, 0.4) is 0 Å². The van der Waals surface area contributed by atoms with E-state index in [-0.39, 0.29) is 0 Å². The molecule has 3 heterocycles. The van der Waals surface area contributed by atoms with Gasteiger partial charge in [-0.25, -0.2) is 4.98 Å². The van der Waals surface area contributed by atoms with Gasteiger partial charge in [-0.2, -0.15) is 5.10 Å². The van der Waals surface area contributed by atoms with Crippen molar-refractivity contribution in [3.05, 3.63) is 36.2 Å². The summed E-state index contributed by atoms with van der Waals surface area (Å²) in [5.41, 5.74) is 6.91. The fraction of sp³-hybridized carbons (Fsp3) is 0.429. The molecule has 0 amide bonds. The van der Waals surface area contributed by atoms with Crippen molar-refractivity contribution >= 4 is 11.6 Å². The summed E-state index contributed by atoms with van der Waals surface area (Å²) in [6.07, 6.45) is 6.00. The molecule has 1 aliphatic heterocycles. The van der Waals surface area contributed by atoms with Gasteiger partial charge in [-0.15, -0.1) is 0 Å². The highest BCUT2D eigenvalue weighted by Crippen LogP contribution is 2.26. The van der Waals surface area contributed by atoms with E-state index < -0.39 is 0 Å².